The van der Waals surface area contributed by atoms with Crippen LogP contribution in [0.5, 0.6) is 0 Å². The van der Waals surface area contributed by atoms with E-state index in [2.05, 4.69) is 79.5 Å². The SMILES string of the molecule is Cc1cc(C)c([N-]C(C)c2nn(C)c(C)c2C)c(C)c1.[CH2-]c1ccccc1.[CH2-]c1ccccc1.[CH2-]c1ccccc1.[Hf]. The van der Waals surface area contributed by atoms with Gasteiger partial charge < -0.3 is 5.32 Å². The molecule has 0 N–H and O–H groups in total. The number of hydrogen-bond donors (Lipinski definition) is 0. The van der Waals surface area contributed by atoms with Crippen LogP contribution in [0.15, 0.2) is 103 Å². The molecule has 0 spiro atoms. The first-order chi connectivity index (χ1) is 19.5. The van der Waals surface area contributed by atoms with Crippen LogP contribution in [0.1, 0.15) is 63.3 Å². The average Bonchev–Trinajstić information content (AvgIpc) is 3.20. The zero-order valence-corrected chi connectivity index (χ0v) is 29.9. The predicted octanol–water partition coefficient (Wildman–Crippen LogP) is 10.3. The van der Waals surface area contributed by atoms with E-state index in [9.17, 15) is 0 Å². The van der Waals surface area contributed by atoms with E-state index in [1.54, 1.807) is 0 Å². The van der Waals surface area contributed by atoms with Crippen molar-refractivity contribution in [3.05, 3.63) is 180 Å². The van der Waals surface area contributed by atoms with Crippen LogP contribution in [0.4, 0.5) is 5.69 Å². The maximum Gasteiger partial charge on any atom is 0.0509 e. The quantitative estimate of drug-likeness (QED) is 0.135. The van der Waals surface area contributed by atoms with Gasteiger partial charge in [0.2, 0.25) is 0 Å². The van der Waals surface area contributed by atoms with Crippen molar-refractivity contribution in [1.82, 2.24) is 9.78 Å². The van der Waals surface area contributed by atoms with Gasteiger partial charge in [-0.25, -0.2) is 0 Å². The van der Waals surface area contributed by atoms with Gasteiger partial charge in [0.05, 0.1) is 5.69 Å². The van der Waals surface area contributed by atoms with E-state index < -0.39 is 0 Å². The molecule has 1 atom stereocenters. The molecule has 42 heavy (non-hydrogen) atoms. The van der Waals surface area contributed by atoms with Crippen molar-refractivity contribution >= 4 is 5.69 Å². The second-order valence-corrected chi connectivity index (χ2v) is 10.2. The van der Waals surface area contributed by atoms with Crippen molar-refractivity contribution in [2.24, 2.45) is 7.05 Å². The molecule has 0 fully saturated rings. The number of aryl methyl sites for hydroxylation is 4. The summed E-state index contributed by atoms with van der Waals surface area (Å²) in [6.45, 7) is 23.9. The largest absolute Gasteiger partial charge is 0.677 e. The van der Waals surface area contributed by atoms with Crippen LogP contribution >= 0.6 is 0 Å². The van der Waals surface area contributed by atoms with Gasteiger partial charge >= 0.3 is 0 Å². The zero-order valence-electron chi connectivity index (χ0n) is 26.4. The van der Waals surface area contributed by atoms with Crippen LogP contribution in [-0.2, 0) is 32.9 Å². The molecule has 0 radical (unpaired) electrons. The van der Waals surface area contributed by atoms with Gasteiger partial charge in [-0.05, 0) is 40.2 Å². The maximum atomic E-state index is 4.91. The van der Waals surface area contributed by atoms with E-state index in [1.165, 1.54) is 27.9 Å². The number of nitrogens with zero attached hydrogens (tertiary/aromatic N) is 3. The minimum absolute atomic E-state index is 0. The first-order valence-electron chi connectivity index (χ1n) is 13.9. The molecular formula is C38H45HfN3-4. The molecule has 0 amide bonds. The number of hydrogen-bond acceptors (Lipinski definition) is 1. The van der Waals surface area contributed by atoms with Gasteiger partial charge in [-0.3, -0.25) is 4.68 Å². The summed E-state index contributed by atoms with van der Waals surface area (Å²) in [4.78, 5) is 0. The Bertz CT molecular complexity index is 1330. The number of aromatic nitrogens is 2. The van der Waals surface area contributed by atoms with Gasteiger partial charge in [0.1, 0.15) is 0 Å². The molecule has 4 aromatic carbocycles. The van der Waals surface area contributed by atoms with Crippen LogP contribution < -0.4 is 0 Å². The topological polar surface area (TPSA) is 31.9 Å². The van der Waals surface area contributed by atoms with Gasteiger partial charge in [0.25, 0.3) is 0 Å². The molecule has 5 rings (SSSR count). The van der Waals surface area contributed by atoms with E-state index in [1.807, 2.05) is 103 Å². The fourth-order valence-corrected chi connectivity index (χ4v) is 4.20. The average molecular weight is 722 g/mol. The first kappa shape index (κ1) is 36.4. The molecular weight excluding hydrogens is 677 g/mol. The Hall–Kier alpha value is -3.63. The van der Waals surface area contributed by atoms with Gasteiger partial charge in [-0.15, -0.1) is 42.1 Å². The van der Waals surface area contributed by atoms with Gasteiger partial charge in [0, 0.05) is 38.6 Å². The molecule has 1 aromatic heterocycles. The summed E-state index contributed by atoms with van der Waals surface area (Å²) < 4.78 is 1.94. The first-order valence-corrected chi connectivity index (χ1v) is 13.9. The Kier molecular flexibility index (Phi) is 16.2. The number of benzene rings is 4. The van der Waals surface area contributed by atoms with E-state index in [-0.39, 0.29) is 31.9 Å². The van der Waals surface area contributed by atoms with Crippen molar-refractivity contribution in [3.63, 3.8) is 0 Å². The maximum absolute atomic E-state index is 4.91. The summed E-state index contributed by atoms with van der Waals surface area (Å²) >= 11 is 0. The second-order valence-electron chi connectivity index (χ2n) is 10.2. The monoisotopic (exact) mass is 723 g/mol. The summed E-state index contributed by atoms with van der Waals surface area (Å²) in [5.41, 5.74) is 11.6. The predicted molar refractivity (Wildman–Crippen MR) is 177 cm³/mol. The van der Waals surface area contributed by atoms with Gasteiger partial charge in [-0.1, -0.05) is 60.0 Å². The molecule has 4 heteroatoms. The van der Waals surface area contributed by atoms with Gasteiger partial charge in [0.15, 0.2) is 0 Å². The molecule has 1 heterocycles. The van der Waals surface area contributed by atoms with E-state index in [0.29, 0.717) is 0 Å². The third-order valence-corrected chi connectivity index (χ3v) is 6.55. The minimum atomic E-state index is 0. The minimum Gasteiger partial charge on any atom is -0.677 e. The molecule has 0 saturated carbocycles. The number of rotatable bonds is 3. The second kappa shape index (κ2) is 18.7. The fraction of sp³-hybridized carbons (Fsp3) is 0.211. The molecule has 220 valence electrons. The third-order valence-electron chi connectivity index (χ3n) is 6.55. The molecule has 0 aliphatic carbocycles. The molecule has 0 bridgehead atoms. The Balaban J connectivity index is 0.000000326. The van der Waals surface area contributed by atoms with E-state index >= 15 is 0 Å². The molecule has 0 aliphatic heterocycles. The summed E-state index contributed by atoms with van der Waals surface area (Å²) in [6, 6.07) is 34.1. The normalized spacial score (nSPS) is 10.3. The molecule has 5 aromatic rings. The summed E-state index contributed by atoms with van der Waals surface area (Å²) in [5.74, 6) is 0. The molecule has 1 unspecified atom stereocenters. The summed E-state index contributed by atoms with van der Waals surface area (Å²) in [5, 5.41) is 9.51. The Labute approximate surface area is 274 Å². The van der Waals surface area contributed by atoms with E-state index in [4.69, 9.17) is 5.32 Å². The zero-order chi connectivity index (χ0) is 30.4. The van der Waals surface area contributed by atoms with Crippen molar-refractivity contribution in [3.8, 4) is 0 Å². The standard InChI is InChI=1S/C17H24N3.3C7H7.Hf/c1-10-8-11(2)16(12(3)9-10)18-14(5)17-13(4)15(6)20(7)19-17;3*1-7-5-3-2-4-6-7;/h8-9,14H,1-7H3;3*2-6H,1H2;/q4*-1;. The molecule has 0 aliphatic rings. The van der Waals surface area contributed by atoms with E-state index in [0.717, 1.165) is 28.1 Å². The Morgan fingerprint density at radius 2 is 1.00 bits per heavy atom. The molecule has 3 nitrogen and oxygen atoms in total. The fourth-order valence-electron chi connectivity index (χ4n) is 4.20. The van der Waals surface area contributed by atoms with Crippen molar-refractivity contribution in [2.45, 2.75) is 47.6 Å². The van der Waals surface area contributed by atoms with Crippen LogP contribution in [0.2, 0.25) is 0 Å². The van der Waals surface area contributed by atoms with Crippen LogP contribution in [0.3, 0.4) is 0 Å². The van der Waals surface area contributed by atoms with Gasteiger partial charge in [-0.2, -0.15) is 79.0 Å². The summed E-state index contributed by atoms with van der Waals surface area (Å²) in [6.07, 6.45) is 0. The van der Waals surface area contributed by atoms with Crippen LogP contribution in [0, 0.1) is 55.4 Å². The third kappa shape index (κ3) is 12.5. The van der Waals surface area contributed by atoms with Crippen LogP contribution in [-0.4, -0.2) is 9.78 Å². The Morgan fingerprint density at radius 1 is 0.643 bits per heavy atom. The summed E-state index contributed by atoms with van der Waals surface area (Å²) in [7, 11) is 1.99. The molecule has 0 saturated heterocycles. The van der Waals surface area contributed by atoms with Crippen molar-refractivity contribution < 1.29 is 25.8 Å². The van der Waals surface area contributed by atoms with Crippen LogP contribution in [0.25, 0.3) is 5.32 Å². The Morgan fingerprint density at radius 3 is 1.26 bits per heavy atom. The van der Waals surface area contributed by atoms with Crippen molar-refractivity contribution in [2.75, 3.05) is 0 Å². The smallest absolute Gasteiger partial charge is 0.0509 e. The van der Waals surface area contributed by atoms with Crippen molar-refractivity contribution in [1.29, 1.82) is 0 Å².